The van der Waals surface area contributed by atoms with E-state index in [9.17, 15) is 19.5 Å². The zero-order chi connectivity index (χ0) is 25.0. The predicted octanol–water partition coefficient (Wildman–Crippen LogP) is 3.41. The number of ether oxygens (including phenoxy) is 1. The van der Waals surface area contributed by atoms with E-state index in [1.807, 2.05) is 0 Å². The Kier molecular flexibility index (Phi) is 8.54. The van der Waals surface area contributed by atoms with Gasteiger partial charge in [0.05, 0.1) is 6.54 Å². The summed E-state index contributed by atoms with van der Waals surface area (Å²) >= 11 is 6.28. The molecule has 0 saturated carbocycles. The topological polar surface area (TPSA) is 119 Å². The fourth-order valence-electron chi connectivity index (χ4n) is 4.53. The summed E-state index contributed by atoms with van der Waals surface area (Å²) in [5.74, 6) is -0.967. The second-order valence-electron chi connectivity index (χ2n) is 9.79. The minimum absolute atomic E-state index is 0.140. The Balaban J connectivity index is 2.45. The third-order valence-electron chi connectivity index (χ3n) is 6.37. The molecule has 9 heteroatoms. The fourth-order valence-corrected chi connectivity index (χ4v) is 4.72. The van der Waals surface area contributed by atoms with Gasteiger partial charge in [0, 0.05) is 30.0 Å². The van der Waals surface area contributed by atoms with Crippen LogP contribution >= 0.6 is 11.6 Å². The Labute approximate surface area is 201 Å². The number of amides is 3. The monoisotopic (exact) mass is 482 g/mol. The number of nitrogens with one attached hydrogen (secondary N) is 1. The third kappa shape index (κ3) is 6.25. The highest BCUT2D eigenvalue weighted by Crippen LogP contribution is 2.36. The smallest absolute Gasteiger partial charge is 0.407 e. The zero-order valence-corrected chi connectivity index (χ0v) is 21.0. The van der Waals surface area contributed by atoms with E-state index in [0.29, 0.717) is 30.0 Å². The molecular weight excluding hydrogens is 446 g/mol. The Morgan fingerprint density at radius 3 is 2.39 bits per heavy atom. The molecule has 184 valence electrons. The van der Waals surface area contributed by atoms with Gasteiger partial charge < -0.3 is 20.9 Å². The molecule has 0 aromatic heterocycles. The van der Waals surface area contributed by atoms with Crippen LogP contribution in [-0.2, 0) is 27.4 Å². The maximum absolute atomic E-state index is 13.8. The molecule has 1 aromatic rings. The van der Waals surface area contributed by atoms with Crippen molar-refractivity contribution >= 4 is 29.5 Å². The van der Waals surface area contributed by atoms with E-state index < -0.39 is 35.2 Å². The van der Waals surface area contributed by atoms with Crippen molar-refractivity contribution in [3.8, 4) is 0 Å². The highest BCUT2D eigenvalue weighted by molar-refractivity contribution is 6.30. The average Bonchev–Trinajstić information content (AvgIpc) is 3.15. The van der Waals surface area contributed by atoms with Crippen LogP contribution in [0.1, 0.15) is 71.4 Å². The van der Waals surface area contributed by atoms with Crippen LogP contribution in [0.3, 0.4) is 0 Å². The Hall–Kier alpha value is -2.16. The minimum Gasteiger partial charge on any atom is -0.444 e. The van der Waals surface area contributed by atoms with Gasteiger partial charge in [-0.2, -0.15) is 0 Å². The van der Waals surface area contributed by atoms with Gasteiger partial charge in [-0.15, -0.1) is 0 Å². The van der Waals surface area contributed by atoms with Gasteiger partial charge in [-0.25, -0.2) is 14.1 Å². The summed E-state index contributed by atoms with van der Waals surface area (Å²) in [5, 5.41) is 14.3. The number of hydrogen-bond acceptors (Lipinski definition) is 5. The molecule has 1 aliphatic rings. The van der Waals surface area contributed by atoms with Crippen molar-refractivity contribution in [2.24, 2.45) is 5.73 Å². The fraction of sp³-hybridized carbons (Fsp3) is 0.625. The second kappa shape index (κ2) is 10.4. The molecule has 1 saturated heterocycles. The number of benzene rings is 1. The number of carbonyl (C=O) groups is 3. The predicted molar refractivity (Wildman–Crippen MR) is 126 cm³/mol. The highest BCUT2D eigenvalue weighted by Gasteiger charge is 2.57. The van der Waals surface area contributed by atoms with Crippen LogP contribution in [0, 0.1) is 0 Å². The van der Waals surface area contributed by atoms with Crippen LogP contribution < -0.4 is 11.1 Å². The van der Waals surface area contributed by atoms with E-state index in [1.165, 1.54) is 0 Å². The minimum atomic E-state index is -1.56. The molecule has 3 amide bonds. The molecular formula is C24H37ClN3O5+. The maximum atomic E-state index is 13.8. The molecule has 0 radical (unpaired) electrons. The van der Waals surface area contributed by atoms with E-state index >= 15 is 0 Å². The molecule has 1 heterocycles. The molecule has 33 heavy (non-hydrogen) atoms. The molecule has 2 rings (SSSR count). The van der Waals surface area contributed by atoms with E-state index in [1.54, 1.807) is 52.8 Å². The number of halogens is 1. The van der Waals surface area contributed by atoms with Gasteiger partial charge in [0.25, 0.3) is 5.91 Å². The number of rotatable bonds is 8. The second-order valence-corrected chi connectivity index (χ2v) is 10.2. The van der Waals surface area contributed by atoms with Crippen LogP contribution in [0.25, 0.3) is 0 Å². The number of aliphatic hydroxyl groups is 1. The Morgan fingerprint density at radius 1 is 1.21 bits per heavy atom. The first-order valence-electron chi connectivity index (χ1n) is 11.5. The standard InChI is InChI=1S/C24H36ClN3O5/c1-6-24(32,7-2)21(30)28(12-8-9-19(28)20(26)29)15-17-13-18(25)11-10-16(17)14-27-22(31)33-23(3,4)5/h10-11,13,19,32H,6-9,12,14-15H2,1-5H3,(H2-,26,27,29,31)/p+1/t19-,28?/m0/s1. The first-order chi connectivity index (χ1) is 15.3. The number of likely N-dealkylation sites (tertiary alicyclic amines) is 1. The van der Waals surface area contributed by atoms with Crippen LogP contribution in [0.5, 0.6) is 0 Å². The average molecular weight is 483 g/mol. The summed E-state index contributed by atoms with van der Waals surface area (Å²) in [7, 11) is 0. The quantitative estimate of drug-likeness (QED) is 0.490. The lowest BCUT2D eigenvalue weighted by Crippen LogP contribution is -2.65. The molecule has 4 N–H and O–H groups in total. The Morgan fingerprint density at radius 2 is 1.85 bits per heavy atom. The molecule has 0 bridgehead atoms. The Bertz CT molecular complexity index is 895. The van der Waals surface area contributed by atoms with Crippen molar-refractivity contribution in [2.45, 2.75) is 90.6 Å². The molecule has 1 aromatic carbocycles. The summed E-state index contributed by atoms with van der Waals surface area (Å²) in [6, 6.07) is 4.46. The van der Waals surface area contributed by atoms with Crippen molar-refractivity contribution in [1.82, 2.24) is 5.32 Å². The number of carbonyl (C=O) groups excluding carboxylic acids is 3. The third-order valence-corrected chi connectivity index (χ3v) is 6.61. The molecule has 0 aliphatic carbocycles. The SMILES string of the molecule is CCC(O)(CC)C(=O)[N+]1(Cc2cc(Cl)ccc2CNC(=O)OC(C)(C)C)CCC[C@H]1C(N)=O. The van der Waals surface area contributed by atoms with Gasteiger partial charge in [0.15, 0.2) is 11.6 Å². The van der Waals surface area contributed by atoms with E-state index in [4.69, 9.17) is 22.1 Å². The van der Waals surface area contributed by atoms with Gasteiger partial charge in [0.2, 0.25) is 0 Å². The van der Waals surface area contributed by atoms with Gasteiger partial charge >= 0.3 is 12.0 Å². The van der Waals surface area contributed by atoms with Crippen molar-refractivity contribution in [3.05, 3.63) is 34.3 Å². The van der Waals surface area contributed by atoms with Crippen molar-refractivity contribution in [2.75, 3.05) is 6.54 Å². The molecule has 0 spiro atoms. The largest absolute Gasteiger partial charge is 0.444 e. The number of primary amides is 1. The van der Waals surface area contributed by atoms with E-state index in [2.05, 4.69) is 5.32 Å². The summed E-state index contributed by atoms with van der Waals surface area (Å²) < 4.78 is 5.05. The molecule has 8 nitrogen and oxygen atoms in total. The van der Waals surface area contributed by atoms with Crippen LogP contribution in [-0.4, -0.2) is 51.3 Å². The van der Waals surface area contributed by atoms with Crippen LogP contribution in [0.4, 0.5) is 4.79 Å². The lowest BCUT2D eigenvalue weighted by Gasteiger charge is -2.41. The summed E-state index contributed by atoms with van der Waals surface area (Å²) in [6.45, 7) is 9.52. The lowest BCUT2D eigenvalue weighted by atomic mass is 9.92. The summed E-state index contributed by atoms with van der Waals surface area (Å²) in [5.41, 5.74) is 4.97. The number of alkyl carbamates (subject to hydrolysis) is 1. The highest BCUT2D eigenvalue weighted by atomic mass is 35.5. The first-order valence-corrected chi connectivity index (χ1v) is 11.8. The number of quaternary nitrogens is 1. The molecule has 2 atom stereocenters. The lowest BCUT2D eigenvalue weighted by molar-refractivity contribution is -0.873. The molecule has 1 unspecified atom stereocenters. The number of nitrogens with zero attached hydrogens (tertiary/aromatic N) is 1. The van der Waals surface area contributed by atoms with Gasteiger partial charge in [-0.3, -0.25) is 4.79 Å². The summed E-state index contributed by atoms with van der Waals surface area (Å²) in [6.07, 6.45) is 1.00. The van der Waals surface area contributed by atoms with Gasteiger partial charge in [-0.1, -0.05) is 31.5 Å². The van der Waals surface area contributed by atoms with Crippen LogP contribution in [0.15, 0.2) is 18.2 Å². The van der Waals surface area contributed by atoms with Gasteiger partial charge in [0.1, 0.15) is 12.1 Å². The maximum Gasteiger partial charge on any atom is 0.407 e. The van der Waals surface area contributed by atoms with Crippen molar-refractivity contribution in [3.63, 3.8) is 0 Å². The summed E-state index contributed by atoms with van der Waals surface area (Å²) in [4.78, 5) is 38.3. The number of hydrogen-bond donors (Lipinski definition) is 3. The van der Waals surface area contributed by atoms with E-state index in [-0.39, 0.29) is 30.4 Å². The van der Waals surface area contributed by atoms with Crippen molar-refractivity contribution < 1.29 is 28.7 Å². The van der Waals surface area contributed by atoms with Gasteiger partial charge in [-0.05, 0) is 51.3 Å². The molecule has 1 aliphatic heterocycles. The number of nitrogens with two attached hydrogens (primary N) is 1. The molecule has 1 fully saturated rings. The normalized spacial score (nSPS) is 21.0. The van der Waals surface area contributed by atoms with Crippen LogP contribution in [0.2, 0.25) is 5.02 Å². The van der Waals surface area contributed by atoms with Crippen molar-refractivity contribution in [1.29, 1.82) is 0 Å². The first kappa shape index (κ1) is 27.1. The zero-order valence-electron chi connectivity index (χ0n) is 20.2. The van der Waals surface area contributed by atoms with E-state index in [0.717, 1.165) is 5.56 Å².